The van der Waals surface area contributed by atoms with Crippen LogP contribution in [0.3, 0.4) is 0 Å². The van der Waals surface area contributed by atoms with Gasteiger partial charge in [0, 0.05) is 45.9 Å². The molecule has 2 amide bonds. The SMILES string of the molecule is C/N=C(/NC)NCCCC(N)C(=O)NCCSCC(=O)NCCC(C)=O. The molecule has 0 spiro atoms. The van der Waals surface area contributed by atoms with E-state index in [-0.39, 0.29) is 17.6 Å². The van der Waals surface area contributed by atoms with E-state index in [9.17, 15) is 14.4 Å². The quantitative estimate of drug-likeness (QED) is 0.152. The van der Waals surface area contributed by atoms with Crippen molar-refractivity contribution in [2.45, 2.75) is 32.2 Å². The number of amides is 2. The smallest absolute Gasteiger partial charge is 0.236 e. The summed E-state index contributed by atoms with van der Waals surface area (Å²) in [7, 11) is 3.47. The molecular weight excluding hydrogens is 356 g/mol. The highest BCUT2D eigenvalue weighted by Gasteiger charge is 2.12. The summed E-state index contributed by atoms with van der Waals surface area (Å²) < 4.78 is 0. The van der Waals surface area contributed by atoms with E-state index in [1.807, 2.05) is 0 Å². The molecule has 1 atom stereocenters. The lowest BCUT2D eigenvalue weighted by molar-refractivity contribution is -0.122. The van der Waals surface area contributed by atoms with E-state index in [0.717, 1.165) is 6.42 Å². The molecule has 26 heavy (non-hydrogen) atoms. The number of nitrogens with zero attached hydrogens (tertiary/aromatic N) is 1. The number of carbonyl (C=O) groups excluding carboxylic acids is 3. The molecule has 0 saturated heterocycles. The molecule has 0 aromatic rings. The number of thioether (sulfide) groups is 1. The van der Waals surface area contributed by atoms with Gasteiger partial charge in [-0.15, -0.1) is 0 Å². The lowest BCUT2D eigenvalue weighted by Gasteiger charge is -2.13. The van der Waals surface area contributed by atoms with Crippen LogP contribution in [0.15, 0.2) is 4.99 Å². The molecule has 9 nitrogen and oxygen atoms in total. The summed E-state index contributed by atoms with van der Waals surface area (Å²) in [4.78, 5) is 38.1. The Morgan fingerprint density at radius 1 is 1.12 bits per heavy atom. The number of Topliss-reactive ketones (excluding diaryl/α,β-unsaturated/α-hetero) is 1. The fourth-order valence-corrected chi connectivity index (χ4v) is 2.59. The van der Waals surface area contributed by atoms with E-state index >= 15 is 0 Å². The number of hydrogen-bond donors (Lipinski definition) is 5. The van der Waals surface area contributed by atoms with Gasteiger partial charge in [0.1, 0.15) is 5.78 Å². The maximum absolute atomic E-state index is 11.9. The van der Waals surface area contributed by atoms with E-state index in [1.54, 1.807) is 14.1 Å². The monoisotopic (exact) mass is 388 g/mol. The maximum atomic E-state index is 11.9. The average molecular weight is 389 g/mol. The molecule has 1 unspecified atom stereocenters. The molecule has 0 aromatic carbocycles. The largest absolute Gasteiger partial charge is 0.359 e. The molecule has 0 rings (SSSR count). The molecule has 0 radical (unpaired) electrons. The first kappa shape index (κ1) is 24.2. The van der Waals surface area contributed by atoms with Gasteiger partial charge in [0.05, 0.1) is 11.8 Å². The highest BCUT2D eigenvalue weighted by molar-refractivity contribution is 7.99. The Kier molecular flexibility index (Phi) is 14.4. The van der Waals surface area contributed by atoms with Gasteiger partial charge in [-0.2, -0.15) is 11.8 Å². The molecular formula is C16H32N6O3S. The van der Waals surface area contributed by atoms with E-state index < -0.39 is 6.04 Å². The zero-order chi connectivity index (χ0) is 19.8. The van der Waals surface area contributed by atoms with E-state index in [1.165, 1.54) is 18.7 Å². The van der Waals surface area contributed by atoms with Crippen molar-refractivity contribution in [2.24, 2.45) is 10.7 Å². The Balaban J connectivity index is 3.65. The second-order valence-corrected chi connectivity index (χ2v) is 6.75. The minimum absolute atomic E-state index is 0.0498. The lowest BCUT2D eigenvalue weighted by atomic mass is 10.1. The molecule has 0 bridgehead atoms. The van der Waals surface area contributed by atoms with Crippen LogP contribution in [0.5, 0.6) is 0 Å². The van der Waals surface area contributed by atoms with Crippen molar-refractivity contribution in [1.29, 1.82) is 0 Å². The summed E-state index contributed by atoms with van der Waals surface area (Å²) in [5.41, 5.74) is 5.86. The van der Waals surface area contributed by atoms with Gasteiger partial charge >= 0.3 is 0 Å². The van der Waals surface area contributed by atoms with Crippen molar-refractivity contribution in [2.75, 3.05) is 45.2 Å². The minimum Gasteiger partial charge on any atom is -0.359 e. The van der Waals surface area contributed by atoms with Crippen LogP contribution in [0.2, 0.25) is 0 Å². The van der Waals surface area contributed by atoms with Crippen molar-refractivity contribution in [1.82, 2.24) is 21.3 Å². The molecule has 0 fully saturated rings. The number of rotatable bonds is 13. The number of nitrogens with two attached hydrogens (primary N) is 1. The molecule has 0 saturated carbocycles. The van der Waals surface area contributed by atoms with Gasteiger partial charge in [0.2, 0.25) is 11.8 Å². The summed E-state index contributed by atoms with van der Waals surface area (Å²) >= 11 is 1.42. The summed E-state index contributed by atoms with van der Waals surface area (Å²) in [6.45, 7) is 3.00. The van der Waals surface area contributed by atoms with Gasteiger partial charge in [-0.05, 0) is 19.8 Å². The van der Waals surface area contributed by atoms with Crippen molar-refractivity contribution >= 4 is 35.3 Å². The normalized spacial score (nSPS) is 12.2. The molecule has 0 heterocycles. The molecule has 0 aromatic heterocycles. The van der Waals surface area contributed by atoms with Gasteiger partial charge < -0.3 is 27.0 Å². The molecule has 0 aliphatic carbocycles. The van der Waals surface area contributed by atoms with E-state index in [2.05, 4.69) is 26.3 Å². The van der Waals surface area contributed by atoms with E-state index in [0.29, 0.717) is 49.9 Å². The third-order valence-corrected chi connectivity index (χ3v) is 4.32. The summed E-state index contributed by atoms with van der Waals surface area (Å²) in [6, 6.07) is -0.548. The van der Waals surface area contributed by atoms with Gasteiger partial charge in [-0.1, -0.05) is 0 Å². The van der Waals surface area contributed by atoms with Crippen molar-refractivity contribution in [3.05, 3.63) is 0 Å². The topological polar surface area (TPSA) is 138 Å². The third kappa shape index (κ3) is 13.5. The molecule has 6 N–H and O–H groups in total. The summed E-state index contributed by atoms with van der Waals surface area (Å²) in [5, 5.41) is 11.4. The molecule has 10 heteroatoms. The Morgan fingerprint density at radius 2 is 1.85 bits per heavy atom. The van der Waals surface area contributed by atoms with Crippen molar-refractivity contribution in [3.8, 4) is 0 Å². The fraction of sp³-hybridized carbons (Fsp3) is 0.750. The standard InChI is InChI=1S/C16H32N6O3S/c1-12(23)6-8-20-14(24)11-26-10-9-21-15(25)13(17)5-4-7-22-16(18-2)19-3/h13H,4-11,17H2,1-3H3,(H,20,24)(H,21,25)(H2,18,19,22). The maximum Gasteiger partial charge on any atom is 0.236 e. The first-order chi connectivity index (χ1) is 12.4. The Bertz CT molecular complexity index is 473. The average Bonchev–Trinajstić information content (AvgIpc) is 2.60. The van der Waals surface area contributed by atoms with Crippen molar-refractivity contribution < 1.29 is 14.4 Å². The van der Waals surface area contributed by atoms with E-state index in [4.69, 9.17) is 5.73 Å². The second-order valence-electron chi connectivity index (χ2n) is 5.64. The van der Waals surface area contributed by atoms with Gasteiger partial charge in [-0.25, -0.2) is 0 Å². The minimum atomic E-state index is -0.548. The summed E-state index contributed by atoms with van der Waals surface area (Å²) in [5.74, 6) is 1.38. The first-order valence-electron chi connectivity index (χ1n) is 8.66. The number of hydrogen-bond acceptors (Lipinski definition) is 6. The van der Waals surface area contributed by atoms with Crippen LogP contribution in [0, 0.1) is 0 Å². The fourth-order valence-electron chi connectivity index (χ4n) is 1.91. The highest BCUT2D eigenvalue weighted by Crippen LogP contribution is 1.98. The second kappa shape index (κ2) is 15.4. The molecule has 0 aliphatic heterocycles. The van der Waals surface area contributed by atoms with Gasteiger partial charge in [0.15, 0.2) is 5.96 Å². The number of nitrogens with one attached hydrogen (secondary N) is 4. The highest BCUT2D eigenvalue weighted by atomic mass is 32.2. The summed E-state index contributed by atoms with van der Waals surface area (Å²) in [6.07, 6.45) is 1.68. The Labute approximate surface area is 159 Å². The van der Waals surface area contributed by atoms with Crippen LogP contribution in [-0.2, 0) is 14.4 Å². The Morgan fingerprint density at radius 3 is 2.46 bits per heavy atom. The van der Waals surface area contributed by atoms with Crippen LogP contribution in [0.1, 0.15) is 26.2 Å². The lowest BCUT2D eigenvalue weighted by Crippen LogP contribution is -2.42. The Hall–Kier alpha value is -1.81. The van der Waals surface area contributed by atoms with Crippen LogP contribution >= 0.6 is 11.8 Å². The predicted molar refractivity (Wildman–Crippen MR) is 106 cm³/mol. The van der Waals surface area contributed by atoms with Crippen LogP contribution < -0.4 is 27.0 Å². The van der Waals surface area contributed by atoms with Crippen LogP contribution in [0.25, 0.3) is 0 Å². The number of aliphatic imine (C=N–C) groups is 1. The third-order valence-electron chi connectivity index (χ3n) is 3.36. The van der Waals surface area contributed by atoms with Crippen LogP contribution in [-0.4, -0.2) is 74.8 Å². The zero-order valence-corrected chi connectivity index (χ0v) is 16.7. The number of carbonyl (C=O) groups is 3. The predicted octanol–water partition coefficient (Wildman–Crippen LogP) is -1.17. The molecule has 150 valence electrons. The zero-order valence-electron chi connectivity index (χ0n) is 15.9. The first-order valence-corrected chi connectivity index (χ1v) is 9.81. The number of guanidine groups is 1. The van der Waals surface area contributed by atoms with Gasteiger partial charge in [0.25, 0.3) is 0 Å². The van der Waals surface area contributed by atoms with Crippen LogP contribution in [0.4, 0.5) is 0 Å². The number of ketones is 1. The van der Waals surface area contributed by atoms with Gasteiger partial charge in [-0.3, -0.25) is 19.4 Å². The molecule has 0 aliphatic rings. The van der Waals surface area contributed by atoms with Crippen molar-refractivity contribution in [3.63, 3.8) is 0 Å².